The number of nitro benzene ring substituents is 2. The van der Waals surface area contributed by atoms with Crippen molar-refractivity contribution in [2.24, 2.45) is 0 Å². The van der Waals surface area contributed by atoms with Gasteiger partial charge in [0.25, 0.3) is 5.69 Å². The minimum absolute atomic E-state index is 0.383. The Bertz CT molecular complexity index is 530. The molecule has 0 aliphatic rings. The van der Waals surface area contributed by atoms with Gasteiger partial charge in [0.2, 0.25) is 0 Å². The van der Waals surface area contributed by atoms with Crippen LogP contribution in [0.4, 0.5) is 11.4 Å². The summed E-state index contributed by atoms with van der Waals surface area (Å²) in [5.74, 6) is -1.79. The van der Waals surface area contributed by atoms with E-state index in [9.17, 15) is 25.0 Å². The second-order valence-electron chi connectivity index (χ2n) is 2.97. The Labute approximate surface area is 104 Å². The molecule has 1 aromatic carbocycles. The van der Waals surface area contributed by atoms with Crippen LogP contribution in [0.25, 0.3) is 0 Å². The van der Waals surface area contributed by atoms with Gasteiger partial charge in [-0.2, -0.15) is 0 Å². The molecule has 0 saturated heterocycles. The maximum absolute atomic E-state index is 10.7. The van der Waals surface area contributed by atoms with Gasteiger partial charge >= 0.3 is 11.7 Å². The Kier molecular flexibility index (Phi) is 4.00. The van der Waals surface area contributed by atoms with Gasteiger partial charge in [-0.3, -0.25) is 20.2 Å². The number of halogens is 1. The zero-order valence-corrected chi connectivity index (χ0v) is 9.29. The van der Waals surface area contributed by atoms with Crippen molar-refractivity contribution >= 4 is 28.9 Å². The number of carboxylic acid groups (broad SMARTS) is 1. The van der Waals surface area contributed by atoms with Crippen LogP contribution >= 0.6 is 11.6 Å². The molecule has 0 aromatic heterocycles. The van der Waals surface area contributed by atoms with Gasteiger partial charge in [0, 0.05) is 6.07 Å². The van der Waals surface area contributed by atoms with Crippen LogP contribution in [0.3, 0.4) is 0 Å². The number of carbonyl (C=O) groups is 1. The molecule has 1 aromatic rings. The van der Waals surface area contributed by atoms with Crippen molar-refractivity contribution in [1.29, 1.82) is 0 Å². The van der Waals surface area contributed by atoms with Crippen LogP contribution in [0.2, 0.25) is 5.02 Å². The zero-order valence-electron chi connectivity index (χ0n) is 8.53. The van der Waals surface area contributed by atoms with Gasteiger partial charge in [0.05, 0.1) is 15.9 Å². The summed E-state index contributed by atoms with van der Waals surface area (Å²) in [4.78, 5) is 29.7. The van der Waals surface area contributed by atoms with E-state index in [4.69, 9.17) is 16.7 Å². The summed E-state index contributed by atoms with van der Waals surface area (Å²) in [6.07, 6.45) is 0. The molecule has 0 aliphatic heterocycles. The predicted octanol–water partition coefficient (Wildman–Crippen LogP) is 1.62. The van der Waals surface area contributed by atoms with E-state index < -0.39 is 39.5 Å². The van der Waals surface area contributed by atoms with Crippen molar-refractivity contribution in [3.05, 3.63) is 37.4 Å². The average Bonchev–Trinajstić information content (AvgIpc) is 2.25. The molecule has 1 rings (SSSR count). The lowest BCUT2D eigenvalue weighted by Gasteiger charge is -2.04. The lowest BCUT2D eigenvalue weighted by Crippen LogP contribution is -2.10. The summed E-state index contributed by atoms with van der Waals surface area (Å²) in [5.41, 5.74) is -1.39. The first-order chi connectivity index (χ1) is 8.32. The molecule has 0 fully saturated rings. The molecular formula is C8H5ClN2O7. The van der Waals surface area contributed by atoms with E-state index in [1.165, 1.54) is 0 Å². The van der Waals surface area contributed by atoms with Crippen molar-refractivity contribution < 1.29 is 24.5 Å². The molecule has 18 heavy (non-hydrogen) atoms. The van der Waals surface area contributed by atoms with Crippen molar-refractivity contribution in [2.45, 2.75) is 0 Å². The number of rotatable bonds is 5. The lowest BCUT2D eigenvalue weighted by atomic mass is 10.2. The maximum Gasteiger partial charge on any atom is 0.341 e. The van der Waals surface area contributed by atoms with E-state index in [2.05, 4.69) is 4.74 Å². The fourth-order valence-electron chi connectivity index (χ4n) is 1.07. The Balaban J connectivity index is 3.24. The highest BCUT2D eigenvalue weighted by Gasteiger charge is 2.25. The summed E-state index contributed by atoms with van der Waals surface area (Å²) < 4.78 is 4.63. The number of nitrogens with zero attached hydrogens (tertiary/aromatic N) is 2. The molecule has 0 heterocycles. The zero-order chi connectivity index (χ0) is 13.9. The standard InChI is InChI=1S/C8H5ClN2O7/c9-4-1-7(18-3-8(12)13)6(11(16)17)2-5(4)10(14)15/h1-2H,3H2,(H,12,13). The highest BCUT2D eigenvalue weighted by molar-refractivity contribution is 6.32. The molecule has 0 radical (unpaired) electrons. The smallest absolute Gasteiger partial charge is 0.341 e. The molecule has 0 saturated carbocycles. The van der Waals surface area contributed by atoms with Gasteiger partial charge in [-0.15, -0.1) is 0 Å². The van der Waals surface area contributed by atoms with Crippen LogP contribution in [-0.4, -0.2) is 27.5 Å². The van der Waals surface area contributed by atoms with E-state index >= 15 is 0 Å². The van der Waals surface area contributed by atoms with Crippen LogP contribution in [0.15, 0.2) is 12.1 Å². The van der Waals surface area contributed by atoms with Gasteiger partial charge in [-0.1, -0.05) is 11.6 Å². The molecular weight excluding hydrogens is 272 g/mol. The van der Waals surface area contributed by atoms with Gasteiger partial charge in [-0.25, -0.2) is 4.79 Å². The molecule has 0 aliphatic carbocycles. The van der Waals surface area contributed by atoms with Gasteiger partial charge in [-0.05, 0) is 0 Å². The topological polar surface area (TPSA) is 133 Å². The average molecular weight is 277 g/mol. The Morgan fingerprint density at radius 3 is 2.28 bits per heavy atom. The molecule has 96 valence electrons. The van der Waals surface area contributed by atoms with Crippen molar-refractivity contribution in [1.82, 2.24) is 0 Å². The summed E-state index contributed by atoms with van der Waals surface area (Å²) in [6, 6.07) is 1.44. The van der Waals surface area contributed by atoms with E-state index in [-0.39, 0.29) is 5.02 Å². The minimum atomic E-state index is -1.35. The Morgan fingerprint density at radius 2 is 1.83 bits per heavy atom. The van der Waals surface area contributed by atoms with Gasteiger partial charge in [0.1, 0.15) is 5.02 Å². The molecule has 1 N–H and O–H groups in total. The molecule has 10 heteroatoms. The fraction of sp³-hybridized carbons (Fsp3) is 0.125. The van der Waals surface area contributed by atoms with Crippen molar-refractivity contribution in [3.63, 3.8) is 0 Å². The number of hydrogen-bond donors (Lipinski definition) is 1. The normalized spacial score (nSPS) is 9.83. The molecule has 0 atom stereocenters. The summed E-state index contributed by atoms with van der Waals surface area (Å²) in [7, 11) is 0. The van der Waals surface area contributed by atoms with Gasteiger partial charge in [0.15, 0.2) is 12.4 Å². The van der Waals surface area contributed by atoms with E-state index in [1.807, 2.05) is 0 Å². The molecule has 0 unspecified atom stereocenters. The van der Waals surface area contributed by atoms with Gasteiger partial charge < -0.3 is 9.84 Å². The Hall–Kier alpha value is -2.42. The second-order valence-corrected chi connectivity index (χ2v) is 3.38. The monoisotopic (exact) mass is 276 g/mol. The number of hydrogen-bond acceptors (Lipinski definition) is 6. The first-order valence-corrected chi connectivity index (χ1v) is 4.67. The number of ether oxygens (including phenoxy) is 1. The molecule has 0 spiro atoms. The number of aliphatic carboxylic acids is 1. The van der Waals surface area contributed by atoms with Crippen molar-refractivity contribution in [2.75, 3.05) is 6.61 Å². The first-order valence-electron chi connectivity index (χ1n) is 4.30. The largest absolute Gasteiger partial charge is 0.479 e. The molecule has 0 bridgehead atoms. The second kappa shape index (κ2) is 5.27. The SMILES string of the molecule is O=C(O)COc1cc(Cl)c([N+](=O)[O-])cc1[N+](=O)[O-]. The Morgan fingerprint density at radius 1 is 1.28 bits per heavy atom. The number of benzene rings is 1. The van der Waals surface area contributed by atoms with Crippen LogP contribution in [-0.2, 0) is 4.79 Å². The maximum atomic E-state index is 10.7. The summed E-state index contributed by atoms with van der Waals surface area (Å²) in [5, 5.41) is 29.2. The highest BCUT2D eigenvalue weighted by atomic mass is 35.5. The highest BCUT2D eigenvalue weighted by Crippen LogP contribution is 2.36. The van der Waals surface area contributed by atoms with Crippen LogP contribution in [0.1, 0.15) is 0 Å². The molecule has 9 nitrogen and oxygen atoms in total. The summed E-state index contributed by atoms with van der Waals surface area (Å²) >= 11 is 5.52. The number of carboxylic acids is 1. The minimum Gasteiger partial charge on any atom is -0.479 e. The van der Waals surface area contributed by atoms with Crippen molar-refractivity contribution in [3.8, 4) is 5.75 Å². The third kappa shape index (κ3) is 3.04. The van der Waals surface area contributed by atoms with E-state index in [0.717, 1.165) is 6.07 Å². The first kappa shape index (κ1) is 13.6. The molecule has 0 amide bonds. The third-order valence-electron chi connectivity index (χ3n) is 1.77. The quantitative estimate of drug-likeness (QED) is 0.638. The lowest BCUT2D eigenvalue weighted by molar-refractivity contribution is -0.394. The fourth-order valence-corrected chi connectivity index (χ4v) is 1.29. The summed E-state index contributed by atoms with van der Waals surface area (Å²) in [6.45, 7) is -0.824. The van der Waals surface area contributed by atoms with Crippen LogP contribution in [0, 0.1) is 20.2 Å². The van der Waals surface area contributed by atoms with E-state index in [0.29, 0.717) is 6.07 Å². The van der Waals surface area contributed by atoms with Crippen LogP contribution in [0.5, 0.6) is 5.75 Å². The third-order valence-corrected chi connectivity index (χ3v) is 2.08. The van der Waals surface area contributed by atoms with E-state index in [1.54, 1.807) is 0 Å². The van der Waals surface area contributed by atoms with Crippen LogP contribution < -0.4 is 4.74 Å². The predicted molar refractivity (Wildman–Crippen MR) is 57.9 cm³/mol. The number of nitro groups is 2.